The van der Waals surface area contributed by atoms with Gasteiger partial charge in [-0.05, 0) is 70.1 Å². The van der Waals surface area contributed by atoms with Crippen molar-refractivity contribution in [2.45, 2.75) is 50.6 Å². The van der Waals surface area contributed by atoms with Gasteiger partial charge in [0, 0.05) is 35.9 Å². The van der Waals surface area contributed by atoms with E-state index in [0.717, 1.165) is 32.8 Å². The van der Waals surface area contributed by atoms with Crippen LogP contribution in [0.25, 0.3) is 0 Å². The van der Waals surface area contributed by atoms with E-state index >= 15 is 0 Å². The fourth-order valence-corrected chi connectivity index (χ4v) is 8.52. The minimum absolute atomic E-state index is 0.167. The Kier molecular flexibility index (Phi) is 13.7. The number of likely N-dealkylation sites (tertiary alicyclic amines) is 2. The molecule has 2 saturated heterocycles. The van der Waals surface area contributed by atoms with Crippen molar-refractivity contribution in [1.82, 2.24) is 9.80 Å². The third-order valence-electron chi connectivity index (χ3n) is 9.47. The zero-order valence-corrected chi connectivity index (χ0v) is 31.7. The van der Waals surface area contributed by atoms with Crippen LogP contribution >= 0.6 is 34.3 Å². The van der Waals surface area contributed by atoms with E-state index in [1.807, 2.05) is 12.1 Å². The lowest BCUT2D eigenvalue weighted by molar-refractivity contribution is -0.0734. The van der Waals surface area contributed by atoms with E-state index in [-0.39, 0.29) is 12.1 Å². The Bertz CT molecular complexity index is 1780. The first-order chi connectivity index (χ1) is 25.0. The minimum atomic E-state index is -0.167. The summed E-state index contributed by atoms with van der Waals surface area (Å²) in [6, 6.07) is 47.3. The molecule has 6 aromatic rings. The van der Waals surface area contributed by atoms with Crippen LogP contribution in [0.15, 0.2) is 144 Å². The summed E-state index contributed by atoms with van der Waals surface area (Å²) in [5.74, 6) is 0.656. The molecule has 2 fully saturated rings. The first-order valence-electron chi connectivity index (χ1n) is 17.6. The predicted octanol–water partition coefficient (Wildman–Crippen LogP) is 10.3. The minimum Gasteiger partial charge on any atom is -0.390 e. The first kappa shape index (κ1) is 37.2. The number of hydrogen-bond donors (Lipinski definition) is 1. The maximum atomic E-state index is 9.52. The smallest absolute Gasteiger partial charge is 0.0834 e. The van der Waals surface area contributed by atoms with Gasteiger partial charge in [-0.15, -0.1) is 34.3 Å². The van der Waals surface area contributed by atoms with Gasteiger partial charge in [-0.2, -0.15) is 0 Å². The Labute approximate surface area is 316 Å². The number of aryl methyl sites for hydroxylation is 2. The lowest BCUT2D eigenvalue weighted by atomic mass is 9.94. The molecule has 2 aromatic heterocycles. The van der Waals surface area contributed by atoms with E-state index in [2.05, 4.69) is 156 Å². The van der Waals surface area contributed by atoms with Crippen molar-refractivity contribution in [3.8, 4) is 0 Å². The van der Waals surface area contributed by atoms with Gasteiger partial charge < -0.3 is 9.84 Å². The number of β-amino-alcohol motifs (C(OH)–C–C–N with tert-alkyl or cyclic N) is 1. The number of ether oxygens (including phenoxy) is 1. The number of benzene rings is 4. The summed E-state index contributed by atoms with van der Waals surface area (Å²) in [7, 11) is 0. The molecule has 4 aromatic carbocycles. The fraction of sp³-hybridized carbons (Fsp3) is 0.273. The third kappa shape index (κ3) is 10.1. The second-order valence-corrected chi connectivity index (χ2v) is 15.4. The molecule has 0 bridgehead atoms. The quantitative estimate of drug-likeness (QED) is 0.142. The average Bonchev–Trinajstić information content (AvgIpc) is 3.77. The number of alkyl halides is 1. The highest BCUT2D eigenvalue weighted by molar-refractivity contribution is 7.10. The molecule has 51 heavy (non-hydrogen) atoms. The molecular weight excluding hydrogens is 688 g/mol. The second kappa shape index (κ2) is 18.8. The summed E-state index contributed by atoms with van der Waals surface area (Å²) >= 11 is 9.09. The van der Waals surface area contributed by atoms with Gasteiger partial charge in [-0.3, -0.25) is 9.80 Å². The van der Waals surface area contributed by atoms with Gasteiger partial charge in [0.15, 0.2) is 0 Å². The van der Waals surface area contributed by atoms with Crippen LogP contribution in [-0.2, 0) is 17.2 Å². The Morgan fingerprint density at radius 1 is 0.588 bits per heavy atom. The number of hydrogen-bond acceptors (Lipinski definition) is 6. The van der Waals surface area contributed by atoms with E-state index in [9.17, 15) is 5.11 Å². The number of halogens is 1. The molecule has 7 heteroatoms. The van der Waals surface area contributed by atoms with Crippen LogP contribution in [0.3, 0.4) is 0 Å². The largest absolute Gasteiger partial charge is 0.390 e. The lowest BCUT2D eigenvalue weighted by Gasteiger charge is -2.44. The highest BCUT2D eigenvalue weighted by Gasteiger charge is 2.35. The molecule has 264 valence electrons. The van der Waals surface area contributed by atoms with E-state index in [0.29, 0.717) is 18.0 Å². The van der Waals surface area contributed by atoms with Crippen molar-refractivity contribution < 1.29 is 9.84 Å². The van der Waals surface area contributed by atoms with E-state index < -0.39 is 0 Å². The van der Waals surface area contributed by atoms with Gasteiger partial charge in [-0.1, -0.05) is 121 Å². The van der Waals surface area contributed by atoms with Crippen molar-refractivity contribution in [1.29, 1.82) is 0 Å². The third-order valence-corrected chi connectivity index (χ3v) is 11.9. The van der Waals surface area contributed by atoms with Crippen LogP contribution in [0.2, 0.25) is 0 Å². The monoisotopic (exact) mass is 734 g/mol. The topological polar surface area (TPSA) is 35.9 Å². The number of nitrogens with zero attached hydrogens (tertiary/aromatic N) is 2. The van der Waals surface area contributed by atoms with Crippen LogP contribution in [0.1, 0.15) is 55.2 Å². The molecule has 4 nitrogen and oxygen atoms in total. The van der Waals surface area contributed by atoms with Gasteiger partial charge >= 0.3 is 0 Å². The van der Waals surface area contributed by atoms with Crippen LogP contribution in [-0.4, -0.2) is 53.3 Å². The van der Waals surface area contributed by atoms with Crippen molar-refractivity contribution >= 4 is 34.3 Å². The molecule has 0 amide bonds. The number of rotatable bonds is 10. The standard InChI is InChI=1S/C22H23NOS.C16H17NO.C6H7ClS/c1-17-12-13-25-21(17)16-24-20-14-23(15-20)22(18-8-4-2-5-9-18)19-10-6-3-7-11-19;18-15-11-17(12-15)16(13-7-3-1-4-8-13)14-9-5-2-6-10-14;1-5-2-3-8-6(5)4-7/h2-13,20,22H,14-16H2,1H3;1-10,15-16,18H,11-12H2;2-3H,4H2,1H3. The second-order valence-electron chi connectivity index (χ2n) is 13.1. The van der Waals surface area contributed by atoms with Crippen molar-refractivity contribution in [2.75, 3.05) is 26.2 Å². The molecule has 0 saturated carbocycles. The summed E-state index contributed by atoms with van der Waals surface area (Å²) < 4.78 is 6.12. The number of aliphatic hydroxyl groups is 1. The van der Waals surface area contributed by atoms with Crippen LogP contribution < -0.4 is 0 Å². The molecule has 8 rings (SSSR count). The normalized spacial score (nSPS) is 15.0. The molecule has 0 spiro atoms. The van der Waals surface area contributed by atoms with Gasteiger partial charge in [0.2, 0.25) is 0 Å². The van der Waals surface area contributed by atoms with Crippen LogP contribution in [0, 0.1) is 13.8 Å². The first-order valence-corrected chi connectivity index (χ1v) is 19.9. The van der Waals surface area contributed by atoms with Crippen LogP contribution in [0.4, 0.5) is 0 Å². The van der Waals surface area contributed by atoms with Gasteiger partial charge in [0.05, 0.1) is 36.8 Å². The highest BCUT2D eigenvalue weighted by Crippen LogP contribution is 2.34. The lowest BCUT2D eigenvalue weighted by Crippen LogP contribution is -2.53. The van der Waals surface area contributed by atoms with E-state index in [1.165, 1.54) is 43.1 Å². The average molecular weight is 735 g/mol. The fourth-order valence-electron chi connectivity index (χ4n) is 6.54. The number of thiophene rings is 2. The Balaban J connectivity index is 0.000000150. The summed E-state index contributed by atoms with van der Waals surface area (Å²) in [6.45, 7) is 8.46. The van der Waals surface area contributed by atoms with Crippen molar-refractivity contribution in [3.63, 3.8) is 0 Å². The molecule has 2 aliphatic rings. The molecule has 0 aliphatic carbocycles. The highest BCUT2D eigenvalue weighted by atomic mass is 35.5. The SMILES string of the molecule is Cc1ccsc1CCl.Cc1ccsc1COC1CN(C(c2ccccc2)c2ccccc2)C1.OC1CN(C(c2ccccc2)c2ccccc2)C1. The Morgan fingerprint density at radius 2 is 0.961 bits per heavy atom. The van der Waals surface area contributed by atoms with E-state index in [1.54, 1.807) is 22.7 Å². The van der Waals surface area contributed by atoms with Crippen molar-refractivity contribution in [2.24, 2.45) is 0 Å². The molecule has 0 unspecified atom stereocenters. The molecule has 4 heterocycles. The van der Waals surface area contributed by atoms with Gasteiger partial charge in [0.25, 0.3) is 0 Å². The molecule has 0 radical (unpaired) electrons. The van der Waals surface area contributed by atoms with Crippen molar-refractivity contribution in [3.05, 3.63) is 187 Å². The summed E-state index contributed by atoms with van der Waals surface area (Å²) in [4.78, 5) is 7.46. The zero-order valence-electron chi connectivity index (χ0n) is 29.4. The van der Waals surface area contributed by atoms with Crippen LogP contribution in [0.5, 0.6) is 0 Å². The molecule has 2 aliphatic heterocycles. The number of aliphatic hydroxyl groups excluding tert-OH is 1. The maximum absolute atomic E-state index is 9.52. The van der Waals surface area contributed by atoms with Gasteiger partial charge in [0.1, 0.15) is 0 Å². The summed E-state index contributed by atoms with van der Waals surface area (Å²) in [5.41, 5.74) is 7.92. The molecule has 0 atom stereocenters. The molecule has 1 N–H and O–H groups in total. The van der Waals surface area contributed by atoms with Gasteiger partial charge in [-0.25, -0.2) is 0 Å². The zero-order chi connectivity index (χ0) is 35.4. The summed E-state index contributed by atoms with van der Waals surface area (Å²) in [5, 5.41) is 13.7. The predicted molar refractivity (Wildman–Crippen MR) is 215 cm³/mol. The molecular formula is C44H47ClN2O2S2. The maximum Gasteiger partial charge on any atom is 0.0834 e. The van der Waals surface area contributed by atoms with E-state index in [4.69, 9.17) is 16.3 Å². The Hall–Kier alpha value is -3.59. The summed E-state index contributed by atoms with van der Waals surface area (Å²) in [6.07, 6.45) is 0.163. The Morgan fingerprint density at radius 3 is 1.27 bits per heavy atom.